The summed E-state index contributed by atoms with van der Waals surface area (Å²) in [5.41, 5.74) is 9.31. The quantitative estimate of drug-likeness (QED) is 0.497. The Morgan fingerprint density at radius 2 is 2.12 bits per heavy atom. The van der Waals surface area contributed by atoms with E-state index >= 15 is 0 Å². The third-order valence-corrected chi connectivity index (χ3v) is 3.25. The number of carbonyl (C=O) groups is 1. The molecule has 0 saturated carbocycles. The average Bonchev–Trinajstić information content (AvgIpc) is 3.20. The maximum absolute atomic E-state index is 12.4. The van der Waals surface area contributed by atoms with Crippen molar-refractivity contribution in [3.05, 3.63) is 41.2 Å². The van der Waals surface area contributed by atoms with Crippen LogP contribution in [0.3, 0.4) is 0 Å². The Labute approximate surface area is 141 Å². The molecule has 3 aromatic rings. The fourth-order valence-corrected chi connectivity index (χ4v) is 2.01. The van der Waals surface area contributed by atoms with Crippen LogP contribution < -0.4 is 15.9 Å². The minimum absolute atomic E-state index is 0.0133. The van der Waals surface area contributed by atoms with Crippen molar-refractivity contribution in [1.82, 2.24) is 30.7 Å². The van der Waals surface area contributed by atoms with Crippen LogP contribution in [0, 0.1) is 6.92 Å². The molecule has 2 heterocycles. The molecular weight excluding hydrogens is 328 g/mol. The molecule has 0 spiro atoms. The molecule has 11 nitrogen and oxygen atoms in total. The lowest BCUT2D eigenvalue weighted by Crippen LogP contribution is -2.22. The normalized spacial score (nSPS) is 11.0. The van der Waals surface area contributed by atoms with E-state index in [1.807, 2.05) is 0 Å². The molecule has 11 heteroatoms. The molecule has 0 unspecified atom stereocenters. The van der Waals surface area contributed by atoms with Gasteiger partial charge in [0.1, 0.15) is 5.75 Å². The molecular formula is C14H14N8O3. The first kappa shape index (κ1) is 16.1. The topological polar surface area (TPSA) is 146 Å². The first-order valence-corrected chi connectivity index (χ1v) is 7.08. The molecule has 0 aliphatic carbocycles. The van der Waals surface area contributed by atoms with Gasteiger partial charge >= 0.3 is 0 Å². The van der Waals surface area contributed by atoms with Crippen LogP contribution >= 0.6 is 0 Å². The Morgan fingerprint density at radius 1 is 1.36 bits per heavy atom. The van der Waals surface area contributed by atoms with Crippen molar-refractivity contribution in [1.29, 1.82) is 0 Å². The molecule has 0 fully saturated rings. The fourth-order valence-electron chi connectivity index (χ4n) is 2.01. The molecule has 0 aliphatic rings. The smallest absolute Gasteiger partial charge is 0.292 e. The number of nitrogens with two attached hydrogens (primary N) is 1. The molecule has 128 valence electrons. The first-order valence-electron chi connectivity index (χ1n) is 7.08. The number of amides is 1. The van der Waals surface area contributed by atoms with E-state index < -0.39 is 5.91 Å². The number of nitrogens with zero attached hydrogens (tertiary/aromatic N) is 6. The van der Waals surface area contributed by atoms with Gasteiger partial charge in [-0.3, -0.25) is 4.79 Å². The lowest BCUT2D eigenvalue weighted by atomic mass is 10.2. The fraction of sp³-hybridized carbons (Fsp3) is 0.143. The summed E-state index contributed by atoms with van der Waals surface area (Å²) >= 11 is 0. The Bertz CT molecular complexity index is 913. The second-order valence-electron chi connectivity index (χ2n) is 4.88. The van der Waals surface area contributed by atoms with Gasteiger partial charge < -0.3 is 10.5 Å². The van der Waals surface area contributed by atoms with Gasteiger partial charge in [-0.15, -0.1) is 5.10 Å². The number of hydrogen-bond acceptors (Lipinski definition) is 9. The minimum Gasteiger partial charge on any atom is -0.497 e. The third kappa shape index (κ3) is 3.29. The van der Waals surface area contributed by atoms with E-state index in [4.69, 9.17) is 10.5 Å². The number of carbonyl (C=O) groups excluding carboxylic acids is 1. The zero-order valence-electron chi connectivity index (χ0n) is 13.4. The van der Waals surface area contributed by atoms with Crippen molar-refractivity contribution in [3.8, 4) is 11.6 Å². The van der Waals surface area contributed by atoms with Gasteiger partial charge in [0.25, 0.3) is 5.91 Å². The predicted molar refractivity (Wildman–Crippen MR) is 86.4 cm³/mol. The maximum Gasteiger partial charge on any atom is 0.292 e. The van der Waals surface area contributed by atoms with Crippen LogP contribution in [-0.2, 0) is 0 Å². The summed E-state index contributed by atoms with van der Waals surface area (Å²) in [5.74, 6) is 0.255. The average molecular weight is 342 g/mol. The summed E-state index contributed by atoms with van der Waals surface area (Å²) in [6, 6.07) is 7.17. The standard InChI is InChI=1S/C14H14N8O3/c1-8-11(22(21-17-8)13-12(15)19-25-20-13)14(23)18-16-7-9-3-5-10(24-2)6-4-9/h3-7H,1-2H3,(H2,15,19)(H,18,23)/b16-7+. The van der Waals surface area contributed by atoms with Crippen molar-refractivity contribution in [2.75, 3.05) is 12.8 Å². The molecule has 3 rings (SSSR count). The number of aryl methyl sites for hydroxylation is 1. The number of hydrogen-bond donors (Lipinski definition) is 2. The molecule has 0 radical (unpaired) electrons. The molecule has 0 atom stereocenters. The van der Waals surface area contributed by atoms with Gasteiger partial charge in [-0.25, -0.2) is 10.1 Å². The molecule has 25 heavy (non-hydrogen) atoms. The Morgan fingerprint density at radius 3 is 2.76 bits per heavy atom. The van der Waals surface area contributed by atoms with Gasteiger partial charge in [0, 0.05) is 0 Å². The van der Waals surface area contributed by atoms with Crippen molar-refractivity contribution in [2.24, 2.45) is 5.10 Å². The summed E-state index contributed by atoms with van der Waals surface area (Å²) in [5, 5.41) is 18.6. The number of anilines is 1. The highest BCUT2D eigenvalue weighted by molar-refractivity contribution is 5.94. The SMILES string of the molecule is COc1ccc(/C=N/NC(=O)c2c(C)nnn2-c2nonc2N)cc1. The summed E-state index contributed by atoms with van der Waals surface area (Å²) in [4.78, 5) is 12.4. The second kappa shape index (κ2) is 6.78. The van der Waals surface area contributed by atoms with Crippen molar-refractivity contribution in [2.45, 2.75) is 6.92 Å². The third-order valence-electron chi connectivity index (χ3n) is 3.25. The van der Waals surface area contributed by atoms with E-state index in [1.54, 1.807) is 38.3 Å². The number of nitrogens with one attached hydrogen (secondary N) is 1. The van der Waals surface area contributed by atoms with Crippen LogP contribution in [0.4, 0.5) is 5.82 Å². The van der Waals surface area contributed by atoms with Gasteiger partial charge in [-0.05, 0) is 47.1 Å². The minimum atomic E-state index is -0.533. The van der Waals surface area contributed by atoms with Crippen LogP contribution in [0.2, 0.25) is 0 Å². The monoisotopic (exact) mass is 342 g/mol. The van der Waals surface area contributed by atoms with Gasteiger partial charge in [0.2, 0.25) is 11.6 Å². The number of benzene rings is 1. The summed E-state index contributed by atoms with van der Waals surface area (Å²) in [6.45, 7) is 1.62. The van der Waals surface area contributed by atoms with E-state index in [2.05, 4.69) is 35.8 Å². The Hall–Kier alpha value is -3.76. The molecule has 2 aromatic heterocycles. The highest BCUT2D eigenvalue weighted by Crippen LogP contribution is 2.15. The van der Waals surface area contributed by atoms with Gasteiger partial charge in [-0.1, -0.05) is 5.21 Å². The zero-order chi connectivity index (χ0) is 17.8. The van der Waals surface area contributed by atoms with Crippen molar-refractivity contribution >= 4 is 17.9 Å². The summed E-state index contributed by atoms with van der Waals surface area (Å²) in [7, 11) is 1.58. The first-order chi connectivity index (χ1) is 12.1. The van der Waals surface area contributed by atoms with E-state index in [0.717, 1.165) is 16.0 Å². The predicted octanol–water partition coefficient (Wildman–Crippen LogP) is 0.313. The van der Waals surface area contributed by atoms with Crippen LogP contribution in [0.1, 0.15) is 21.7 Å². The Balaban J connectivity index is 1.76. The van der Waals surface area contributed by atoms with Crippen LogP contribution in [0.5, 0.6) is 5.75 Å². The highest BCUT2D eigenvalue weighted by Gasteiger charge is 2.22. The van der Waals surface area contributed by atoms with E-state index in [9.17, 15) is 4.79 Å². The molecule has 0 aliphatic heterocycles. The number of ether oxygens (including phenoxy) is 1. The molecule has 0 saturated heterocycles. The number of nitrogen functional groups attached to an aromatic ring is 1. The van der Waals surface area contributed by atoms with Gasteiger partial charge in [0.15, 0.2) is 5.69 Å². The number of methoxy groups -OCH3 is 1. The zero-order valence-corrected chi connectivity index (χ0v) is 13.4. The van der Waals surface area contributed by atoms with Crippen LogP contribution in [0.15, 0.2) is 34.0 Å². The van der Waals surface area contributed by atoms with E-state index in [-0.39, 0.29) is 17.3 Å². The highest BCUT2D eigenvalue weighted by atomic mass is 16.6. The van der Waals surface area contributed by atoms with Crippen molar-refractivity contribution < 1.29 is 14.2 Å². The molecule has 3 N–H and O–H groups in total. The van der Waals surface area contributed by atoms with E-state index in [0.29, 0.717) is 5.69 Å². The lowest BCUT2D eigenvalue weighted by molar-refractivity contribution is 0.0946. The number of rotatable bonds is 5. The number of aromatic nitrogens is 5. The second-order valence-corrected chi connectivity index (χ2v) is 4.88. The summed E-state index contributed by atoms with van der Waals surface area (Å²) < 4.78 is 10.7. The molecule has 0 bridgehead atoms. The van der Waals surface area contributed by atoms with Gasteiger partial charge in [0.05, 0.1) is 19.0 Å². The number of hydrazone groups is 1. The van der Waals surface area contributed by atoms with Crippen LogP contribution in [-0.4, -0.2) is 44.5 Å². The molecule has 1 aromatic carbocycles. The van der Waals surface area contributed by atoms with Crippen molar-refractivity contribution in [3.63, 3.8) is 0 Å². The lowest BCUT2D eigenvalue weighted by Gasteiger charge is -2.02. The van der Waals surface area contributed by atoms with Gasteiger partial charge in [-0.2, -0.15) is 9.78 Å². The van der Waals surface area contributed by atoms with Crippen LogP contribution in [0.25, 0.3) is 5.82 Å². The largest absolute Gasteiger partial charge is 0.497 e. The maximum atomic E-state index is 12.4. The van der Waals surface area contributed by atoms with E-state index in [1.165, 1.54) is 6.21 Å². The molecule has 1 amide bonds. The Kier molecular flexibility index (Phi) is 4.37. The summed E-state index contributed by atoms with van der Waals surface area (Å²) in [6.07, 6.45) is 1.49.